The van der Waals surface area contributed by atoms with Crippen molar-refractivity contribution < 1.29 is 24.3 Å². The van der Waals surface area contributed by atoms with E-state index >= 15 is 0 Å². The van der Waals surface area contributed by atoms with Crippen LogP contribution in [0.2, 0.25) is 0 Å². The Morgan fingerprint density at radius 3 is 2.47 bits per heavy atom. The number of hydrogen-bond donors (Lipinski definition) is 3. The van der Waals surface area contributed by atoms with E-state index in [-0.39, 0.29) is 35.7 Å². The van der Waals surface area contributed by atoms with Gasteiger partial charge in [0, 0.05) is 55.3 Å². The maximum Gasteiger partial charge on any atom is 0.253 e. The minimum Gasteiger partial charge on any atom is -0.391 e. The van der Waals surface area contributed by atoms with E-state index in [1.54, 1.807) is 35.0 Å². The Bertz CT molecular complexity index is 1380. The predicted octanol–water partition coefficient (Wildman–Crippen LogP) is 4.33. The summed E-state index contributed by atoms with van der Waals surface area (Å²) in [6.07, 6.45) is 6.17. The van der Waals surface area contributed by atoms with Crippen LogP contribution < -0.4 is 15.5 Å². The van der Waals surface area contributed by atoms with E-state index in [1.165, 1.54) is 19.3 Å². The zero-order valence-corrected chi connectivity index (χ0v) is 26.8. The lowest BCUT2D eigenvalue weighted by molar-refractivity contribution is -0.126. The number of amides is 4. The highest BCUT2D eigenvalue weighted by Gasteiger charge is 2.40. The molecule has 2 aliphatic carbocycles. The van der Waals surface area contributed by atoms with Crippen LogP contribution in [0.15, 0.2) is 48.5 Å². The fourth-order valence-corrected chi connectivity index (χ4v) is 7.38. The van der Waals surface area contributed by atoms with E-state index in [2.05, 4.69) is 10.6 Å². The summed E-state index contributed by atoms with van der Waals surface area (Å²) in [4.78, 5) is 56.2. The van der Waals surface area contributed by atoms with Gasteiger partial charge in [-0.2, -0.15) is 0 Å². The van der Waals surface area contributed by atoms with Crippen molar-refractivity contribution >= 4 is 29.3 Å². The number of benzene rings is 2. The number of hydrogen-bond acceptors (Lipinski definition) is 5. The Kier molecular flexibility index (Phi) is 10.6. The van der Waals surface area contributed by atoms with Gasteiger partial charge in [-0.25, -0.2) is 0 Å². The van der Waals surface area contributed by atoms with Crippen molar-refractivity contribution in [3.63, 3.8) is 0 Å². The Morgan fingerprint density at radius 1 is 1.07 bits per heavy atom. The number of carbonyl (C=O) groups is 4. The van der Waals surface area contributed by atoms with Crippen LogP contribution in [0.25, 0.3) is 0 Å². The molecule has 5 rings (SSSR count). The summed E-state index contributed by atoms with van der Waals surface area (Å²) >= 11 is 0. The van der Waals surface area contributed by atoms with E-state index in [0.29, 0.717) is 49.5 Å². The summed E-state index contributed by atoms with van der Waals surface area (Å²) in [6.45, 7) is 4.91. The predicted molar refractivity (Wildman–Crippen MR) is 174 cm³/mol. The lowest BCUT2D eigenvalue weighted by Crippen LogP contribution is -2.47. The first kappa shape index (κ1) is 32.7. The molecule has 2 aromatic carbocycles. The lowest BCUT2D eigenvalue weighted by atomic mass is 9.91. The van der Waals surface area contributed by atoms with E-state index in [9.17, 15) is 24.3 Å². The van der Waals surface area contributed by atoms with Gasteiger partial charge in [0.05, 0.1) is 12.1 Å². The largest absolute Gasteiger partial charge is 0.391 e. The molecule has 1 heterocycles. The third-order valence-corrected chi connectivity index (χ3v) is 9.91. The third kappa shape index (κ3) is 7.93. The Balaban J connectivity index is 1.34. The summed E-state index contributed by atoms with van der Waals surface area (Å²) in [6, 6.07) is 14.0. The molecule has 4 amide bonds. The average Bonchev–Trinajstić information content (AvgIpc) is 3.78. The van der Waals surface area contributed by atoms with Crippen molar-refractivity contribution in [2.45, 2.75) is 89.8 Å². The first-order valence-electron chi connectivity index (χ1n) is 16.7. The zero-order valence-electron chi connectivity index (χ0n) is 26.8. The summed E-state index contributed by atoms with van der Waals surface area (Å²) in [5, 5.41) is 17.7. The molecule has 3 fully saturated rings. The molecule has 1 saturated heterocycles. The summed E-state index contributed by atoms with van der Waals surface area (Å²) in [5.74, 6) is 0.0760. The van der Waals surface area contributed by atoms with Crippen molar-refractivity contribution in [3.8, 4) is 0 Å². The molecule has 2 aromatic rings. The number of aliphatic hydroxyl groups excluding tert-OH is 1. The average molecular weight is 617 g/mol. The molecule has 0 radical (unpaired) electrons. The lowest BCUT2D eigenvalue weighted by Gasteiger charge is -2.28. The Morgan fingerprint density at radius 2 is 1.82 bits per heavy atom. The van der Waals surface area contributed by atoms with Crippen LogP contribution in [0.4, 0.5) is 5.69 Å². The molecule has 2 bridgehead atoms. The molecular weight excluding hydrogens is 568 g/mol. The van der Waals surface area contributed by atoms with Gasteiger partial charge < -0.3 is 25.5 Å². The van der Waals surface area contributed by atoms with Crippen molar-refractivity contribution in [1.82, 2.24) is 15.5 Å². The number of fused-ring (bicyclic) bond motifs is 2. The van der Waals surface area contributed by atoms with Gasteiger partial charge in [0.15, 0.2) is 0 Å². The van der Waals surface area contributed by atoms with E-state index in [1.807, 2.05) is 44.2 Å². The van der Waals surface area contributed by atoms with Crippen molar-refractivity contribution in [2.24, 2.45) is 17.8 Å². The quantitative estimate of drug-likeness (QED) is 0.310. The maximum absolute atomic E-state index is 13.9. The molecule has 242 valence electrons. The standard InChI is InChI=1S/C36H48N4O5/c1-4-14-39(3)36(45)28-20-27(21-29(22-28)40-15-8-11-33(40)42)35(44)38-31(18-24-9-6-5-7-10-24)32(41)16-23(2)34(43)37-30-19-25-12-13-26(30)17-25/h5-7,9-10,20-23,25-26,30-32,41H,4,8,11-19H2,1-3H3,(H,37,43)(H,38,44)/t23?,25?,26?,30?,31-,32-/m0/s1. The van der Waals surface area contributed by atoms with Crippen molar-refractivity contribution in [3.05, 3.63) is 65.2 Å². The SMILES string of the molecule is CCCN(C)C(=O)c1cc(C(=O)N[C@@H](Cc2ccccc2)[C@@H](O)CC(C)C(=O)NC2CC3CCC2C3)cc(N2CCCC2=O)c1. The van der Waals surface area contributed by atoms with Crippen LogP contribution >= 0.6 is 0 Å². The van der Waals surface area contributed by atoms with Gasteiger partial charge in [-0.3, -0.25) is 19.2 Å². The van der Waals surface area contributed by atoms with Crippen LogP contribution in [0.1, 0.15) is 91.5 Å². The molecule has 9 heteroatoms. The molecule has 45 heavy (non-hydrogen) atoms. The zero-order chi connectivity index (χ0) is 32.1. The van der Waals surface area contributed by atoms with Crippen molar-refractivity contribution in [2.75, 3.05) is 25.0 Å². The van der Waals surface area contributed by atoms with Crippen LogP contribution in [0, 0.1) is 17.8 Å². The monoisotopic (exact) mass is 616 g/mol. The summed E-state index contributed by atoms with van der Waals surface area (Å²) < 4.78 is 0. The minimum absolute atomic E-state index is 0.0389. The molecular formula is C36H48N4O5. The molecule has 0 aromatic heterocycles. The number of nitrogens with one attached hydrogen (secondary N) is 2. The fraction of sp³-hybridized carbons (Fsp3) is 0.556. The number of aliphatic hydroxyl groups is 1. The Labute approximate surface area is 266 Å². The summed E-state index contributed by atoms with van der Waals surface area (Å²) in [5.41, 5.74) is 2.03. The van der Waals surface area contributed by atoms with Gasteiger partial charge in [-0.05, 0) is 80.5 Å². The molecule has 9 nitrogen and oxygen atoms in total. The summed E-state index contributed by atoms with van der Waals surface area (Å²) in [7, 11) is 1.72. The normalized spacial score (nSPS) is 22.6. The first-order valence-corrected chi connectivity index (χ1v) is 16.7. The van der Waals surface area contributed by atoms with Crippen LogP contribution in [-0.4, -0.2) is 72.0 Å². The van der Waals surface area contributed by atoms with Crippen LogP contribution in [-0.2, 0) is 16.0 Å². The molecule has 3 aliphatic rings. The van der Waals surface area contributed by atoms with Gasteiger partial charge in [0.1, 0.15) is 0 Å². The number of anilines is 1. The second-order valence-corrected chi connectivity index (χ2v) is 13.4. The van der Waals surface area contributed by atoms with E-state index < -0.39 is 24.0 Å². The topological polar surface area (TPSA) is 119 Å². The molecule has 3 N–H and O–H groups in total. The third-order valence-electron chi connectivity index (χ3n) is 9.91. The van der Waals surface area contributed by atoms with Crippen LogP contribution in [0.3, 0.4) is 0 Å². The van der Waals surface area contributed by atoms with Gasteiger partial charge in [-0.15, -0.1) is 0 Å². The van der Waals surface area contributed by atoms with Gasteiger partial charge >= 0.3 is 0 Å². The van der Waals surface area contributed by atoms with Gasteiger partial charge in [0.25, 0.3) is 11.8 Å². The fourth-order valence-electron chi connectivity index (χ4n) is 7.38. The smallest absolute Gasteiger partial charge is 0.253 e. The highest BCUT2D eigenvalue weighted by atomic mass is 16.3. The second kappa shape index (κ2) is 14.6. The van der Waals surface area contributed by atoms with Gasteiger partial charge in [0.2, 0.25) is 11.8 Å². The Hall–Kier alpha value is -3.72. The number of carbonyl (C=O) groups excluding carboxylic acids is 4. The molecule has 4 unspecified atom stereocenters. The number of nitrogens with zero attached hydrogens (tertiary/aromatic N) is 2. The highest BCUT2D eigenvalue weighted by molar-refractivity contribution is 6.03. The van der Waals surface area contributed by atoms with Gasteiger partial charge in [-0.1, -0.05) is 50.6 Å². The maximum atomic E-state index is 13.9. The molecule has 6 atom stereocenters. The first-order chi connectivity index (χ1) is 21.6. The molecule has 1 aliphatic heterocycles. The van der Waals surface area contributed by atoms with Crippen molar-refractivity contribution in [1.29, 1.82) is 0 Å². The molecule has 2 saturated carbocycles. The number of rotatable bonds is 13. The minimum atomic E-state index is -0.991. The van der Waals surface area contributed by atoms with E-state index in [0.717, 1.165) is 24.3 Å². The second-order valence-electron chi connectivity index (χ2n) is 13.4. The van der Waals surface area contributed by atoms with Crippen LogP contribution in [0.5, 0.6) is 0 Å². The van der Waals surface area contributed by atoms with E-state index in [4.69, 9.17) is 0 Å². The highest BCUT2D eigenvalue weighted by Crippen LogP contribution is 2.44. The molecule has 0 spiro atoms.